The number of rotatable bonds is 2. The highest BCUT2D eigenvalue weighted by Crippen LogP contribution is 2.34. The largest absolute Gasteiger partial charge is 0.456 e. The van der Waals surface area contributed by atoms with Crippen LogP contribution in [0.3, 0.4) is 0 Å². The summed E-state index contributed by atoms with van der Waals surface area (Å²) in [5.41, 5.74) is 4.96. The molecule has 62 valence electrons. The molecule has 2 fully saturated rings. The van der Waals surface area contributed by atoms with Gasteiger partial charge in [-0.1, -0.05) is 0 Å². The van der Waals surface area contributed by atoms with Gasteiger partial charge in [0.1, 0.15) is 11.6 Å². The second kappa shape index (κ2) is 2.19. The molecule has 0 atom stereocenters. The van der Waals surface area contributed by atoms with Crippen LogP contribution in [0, 0.1) is 0 Å². The summed E-state index contributed by atoms with van der Waals surface area (Å²) < 4.78 is 9.88. The average molecular weight is 157 g/mol. The first-order valence-corrected chi connectivity index (χ1v) is 3.78. The summed E-state index contributed by atoms with van der Waals surface area (Å²) in [4.78, 5) is 11.1. The molecule has 4 heteroatoms. The predicted octanol–water partition coefficient (Wildman–Crippen LogP) is -0.580. The van der Waals surface area contributed by atoms with Crippen molar-refractivity contribution in [2.24, 2.45) is 5.73 Å². The van der Waals surface area contributed by atoms with Crippen LogP contribution in [0.25, 0.3) is 0 Å². The molecule has 11 heavy (non-hydrogen) atoms. The fourth-order valence-corrected chi connectivity index (χ4v) is 0.890. The molecule has 1 aliphatic carbocycles. The van der Waals surface area contributed by atoms with Crippen molar-refractivity contribution in [1.29, 1.82) is 0 Å². The minimum Gasteiger partial charge on any atom is -0.456 e. The monoisotopic (exact) mass is 157 g/mol. The maximum absolute atomic E-state index is 11.1. The van der Waals surface area contributed by atoms with E-state index in [0.29, 0.717) is 13.2 Å². The van der Waals surface area contributed by atoms with E-state index in [1.54, 1.807) is 0 Å². The lowest BCUT2D eigenvalue weighted by atomic mass is 10.3. The van der Waals surface area contributed by atoms with Crippen LogP contribution in [0.4, 0.5) is 0 Å². The van der Waals surface area contributed by atoms with E-state index in [1.165, 1.54) is 0 Å². The maximum Gasteiger partial charge on any atom is 0.326 e. The summed E-state index contributed by atoms with van der Waals surface area (Å²) in [6.07, 6.45) is 1.49. The zero-order valence-corrected chi connectivity index (χ0v) is 6.21. The molecule has 1 heterocycles. The fourth-order valence-electron chi connectivity index (χ4n) is 0.890. The van der Waals surface area contributed by atoms with E-state index >= 15 is 0 Å². The van der Waals surface area contributed by atoms with Gasteiger partial charge in [-0.25, -0.2) is 0 Å². The second-order valence-corrected chi connectivity index (χ2v) is 3.22. The molecule has 4 nitrogen and oxygen atoms in total. The summed E-state index contributed by atoms with van der Waals surface area (Å²) in [6, 6.07) is 0. The molecule has 2 N–H and O–H groups in total. The Labute approximate surface area is 64.6 Å². The molecular weight excluding hydrogens is 146 g/mol. The third-order valence-corrected chi connectivity index (χ3v) is 2.08. The third kappa shape index (κ3) is 1.23. The molecule has 1 aliphatic heterocycles. The molecule has 1 saturated heterocycles. The van der Waals surface area contributed by atoms with Crippen molar-refractivity contribution >= 4 is 5.97 Å². The number of nitrogens with two attached hydrogens (primary N) is 1. The summed E-state index contributed by atoms with van der Waals surface area (Å²) in [6.45, 7) is 1.06. The van der Waals surface area contributed by atoms with E-state index in [1.807, 2.05) is 0 Å². The lowest BCUT2D eigenvalue weighted by molar-refractivity contribution is -0.174. The molecule has 2 aliphatic rings. The van der Waals surface area contributed by atoms with Gasteiger partial charge in [0, 0.05) is 0 Å². The van der Waals surface area contributed by atoms with E-state index in [-0.39, 0.29) is 12.1 Å². The topological polar surface area (TPSA) is 61.6 Å². The summed E-state index contributed by atoms with van der Waals surface area (Å²) in [5, 5.41) is 0. The molecule has 0 aromatic rings. The highest BCUT2D eigenvalue weighted by atomic mass is 16.6. The lowest BCUT2D eigenvalue weighted by Crippen LogP contribution is -2.44. The normalized spacial score (nSPS) is 27.4. The number of hydrogen-bond acceptors (Lipinski definition) is 4. The first-order valence-electron chi connectivity index (χ1n) is 3.78. The number of carbonyl (C=O) groups is 1. The summed E-state index contributed by atoms with van der Waals surface area (Å²) in [5.74, 6) is -0.259. The van der Waals surface area contributed by atoms with Crippen LogP contribution in [0.2, 0.25) is 0 Å². The molecule has 0 radical (unpaired) electrons. The number of hydrogen-bond donors (Lipinski definition) is 1. The SMILES string of the molecule is NC1(C(=O)OC2COC2)CC1. The van der Waals surface area contributed by atoms with Crippen LogP contribution in [-0.2, 0) is 14.3 Å². The van der Waals surface area contributed by atoms with Crippen LogP contribution < -0.4 is 5.73 Å². The zero-order valence-electron chi connectivity index (χ0n) is 6.21. The van der Waals surface area contributed by atoms with Crippen molar-refractivity contribution < 1.29 is 14.3 Å². The van der Waals surface area contributed by atoms with E-state index in [0.717, 1.165) is 12.8 Å². The standard InChI is InChI=1S/C7H11NO3/c8-7(1-2-7)6(9)11-5-3-10-4-5/h5H,1-4,8H2. The van der Waals surface area contributed by atoms with E-state index in [9.17, 15) is 4.79 Å². The Hall–Kier alpha value is -0.610. The molecular formula is C7H11NO3. The van der Waals surface area contributed by atoms with Gasteiger partial charge < -0.3 is 15.2 Å². The third-order valence-electron chi connectivity index (χ3n) is 2.08. The maximum atomic E-state index is 11.1. The molecule has 0 aromatic heterocycles. The molecule has 0 spiro atoms. The Kier molecular flexibility index (Phi) is 1.40. The van der Waals surface area contributed by atoms with Gasteiger partial charge >= 0.3 is 5.97 Å². The van der Waals surface area contributed by atoms with E-state index in [4.69, 9.17) is 15.2 Å². The Bertz CT molecular complexity index is 184. The summed E-state index contributed by atoms with van der Waals surface area (Å²) >= 11 is 0. The lowest BCUT2D eigenvalue weighted by Gasteiger charge is -2.26. The van der Waals surface area contributed by atoms with E-state index < -0.39 is 5.54 Å². The van der Waals surface area contributed by atoms with E-state index in [2.05, 4.69) is 0 Å². The van der Waals surface area contributed by atoms with Gasteiger partial charge in [0.05, 0.1) is 13.2 Å². The quantitative estimate of drug-likeness (QED) is 0.545. The molecule has 0 bridgehead atoms. The van der Waals surface area contributed by atoms with Crippen molar-refractivity contribution in [2.45, 2.75) is 24.5 Å². The average Bonchev–Trinajstić information content (AvgIpc) is 2.59. The molecule has 1 saturated carbocycles. The number of esters is 1. The molecule has 0 unspecified atom stereocenters. The van der Waals surface area contributed by atoms with Crippen LogP contribution in [-0.4, -0.2) is 30.8 Å². The van der Waals surface area contributed by atoms with Crippen LogP contribution in [0.15, 0.2) is 0 Å². The van der Waals surface area contributed by atoms with Crippen LogP contribution in [0.1, 0.15) is 12.8 Å². The number of carbonyl (C=O) groups excluding carboxylic acids is 1. The van der Waals surface area contributed by atoms with Gasteiger partial charge in [0.25, 0.3) is 0 Å². The van der Waals surface area contributed by atoms with Crippen molar-refractivity contribution in [3.05, 3.63) is 0 Å². The highest BCUT2D eigenvalue weighted by molar-refractivity contribution is 5.84. The van der Waals surface area contributed by atoms with Crippen molar-refractivity contribution in [1.82, 2.24) is 0 Å². The van der Waals surface area contributed by atoms with Gasteiger partial charge in [-0.05, 0) is 12.8 Å². The first-order chi connectivity index (χ1) is 5.21. The smallest absolute Gasteiger partial charge is 0.326 e. The van der Waals surface area contributed by atoms with Gasteiger partial charge in [-0.3, -0.25) is 4.79 Å². The first kappa shape index (κ1) is 7.06. The minimum absolute atomic E-state index is 0.0384. The van der Waals surface area contributed by atoms with Gasteiger partial charge in [-0.2, -0.15) is 0 Å². The zero-order chi connectivity index (χ0) is 7.90. The van der Waals surface area contributed by atoms with Gasteiger partial charge in [0.2, 0.25) is 0 Å². The van der Waals surface area contributed by atoms with Crippen molar-refractivity contribution in [3.8, 4) is 0 Å². The van der Waals surface area contributed by atoms with Crippen LogP contribution >= 0.6 is 0 Å². The molecule has 0 amide bonds. The second-order valence-electron chi connectivity index (χ2n) is 3.22. The Morgan fingerprint density at radius 1 is 1.55 bits per heavy atom. The Balaban J connectivity index is 1.81. The Morgan fingerprint density at radius 2 is 2.18 bits per heavy atom. The van der Waals surface area contributed by atoms with Crippen molar-refractivity contribution in [3.63, 3.8) is 0 Å². The van der Waals surface area contributed by atoms with Crippen LogP contribution in [0.5, 0.6) is 0 Å². The van der Waals surface area contributed by atoms with Gasteiger partial charge in [-0.15, -0.1) is 0 Å². The highest BCUT2D eigenvalue weighted by Gasteiger charge is 2.48. The fraction of sp³-hybridized carbons (Fsp3) is 0.857. The Morgan fingerprint density at radius 3 is 2.55 bits per heavy atom. The van der Waals surface area contributed by atoms with Crippen molar-refractivity contribution in [2.75, 3.05) is 13.2 Å². The summed E-state index contributed by atoms with van der Waals surface area (Å²) in [7, 11) is 0. The molecule has 0 aromatic carbocycles. The predicted molar refractivity (Wildman–Crippen MR) is 36.9 cm³/mol. The minimum atomic E-state index is -0.643. The molecule has 2 rings (SSSR count). The van der Waals surface area contributed by atoms with Gasteiger partial charge in [0.15, 0.2) is 0 Å². The number of ether oxygens (including phenoxy) is 2.